The van der Waals surface area contributed by atoms with E-state index < -0.39 is 5.60 Å². The van der Waals surface area contributed by atoms with Crippen molar-refractivity contribution in [1.29, 1.82) is 0 Å². The fraction of sp³-hybridized carbons (Fsp3) is 0.640. The Labute approximate surface area is 196 Å². The van der Waals surface area contributed by atoms with Gasteiger partial charge in [-0.1, -0.05) is 0 Å². The molecular weight excluding hydrogens is 422 g/mol. The third kappa shape index (κ3) is 7.65. The van der Waals surface area contributed by atoms with Gasteiger partial charge in [0.1, 0.15) is 11.4 Å². The summed E-state index contributed by atoms with van der Waals surface area (Å²) in [6.45, 7) is 8.06. The molecule has 1 atom stereocenters. The maximum absolute atomic E-state index is 12.7. The number of likely N-dealkylation sites (tertiary alicyclic amines) is 1. The van der Waals surface area contributed by atoms with Crippen LogP contribution in [0.5, 0.6) is 5.75 Å². The largest absolute Gasteiger partial charge is 0.494 e. The van der Waals surface area contributed by atoms with Crippen LogP contribution >= 0.6 is 0 Å². The van der Waals surface area contributed by atoms with Crippen LogP contribution < -0.4 is 10.1 Å². The Morgan fingerprint density at radius 3 is 2.79 bits per heavy atom. The molecule has 0 bridgehead atoms. The van der Waals surface area contributed by atoms with E-state index in [1.165, 1.54) is 0 Å². The summed E-state index contributed by atoms with van der Waals surface area (Å²) in [5.74, 6) is 1.20. The number of benzene rings is 1. The normalized spacial score (nSPS) is 18.2. The minimum atomic E-state index is -0.517. The molecule has 1 aromatic rings. The van der Waals surface area contributed by atoms with Gasteiger partial charge in [0, 0.05) is 45.2 Å². The summed E-state index contributed by atoms with van der Waals surface area (Å²) < 4.78 is 11.3. The number of nitrogens with zero attached hydrogens (tertiary/aromatic N) is 2. The lowest BCUT2D eigenvalue weighted by Gasteiger charge is -2.35. The molecule has 2 aliphatic heterocycles. The van der Waals surface area contributed by atoms with Crippen molar-refractivity contribution < 1.29 is 23.9 Å². The molecule has 1 unspecified atom stereocenters. The lowest BCUT2D eigenvalue weighted by atomic mass is 9.97. The van der Waals surface area contributed by atoms with Crippen molar-refractivity contribution in [2.24, 2.45) is 5.92 Å². The molecule has 182 valence electrons. The van der Waals surface area contributed by atoms with Crippen molar-refractivity contribution in [2.75, 3.05) is 38.6 Å². The standard InChI is InChI=1S/C25H37N3O5/c1-25(2,3)33-24(31)27(4)16-18-7-5-13-28(17-18)23(30)8-6-14-32-20-10-11-21-19(15-20)9-12-22(29)26-21/h10-11,15,18H,5-9,12-14,16-17H2,1-4H3,(H,26,29). The molecule has 8 nitrogen and oxygen atoms in total. The molecule has 8 heteroatoms. The molecule has 0 saturated carbocycles. The minimum absolute atomic E-state index is 0.0473. The van der Waals surface area contributed by atoms with Gasteiger partial charge in [-0.2, -0.15) is 0 Å². The summed E-state index contributed by atoms with van der Waals surface area (Å²) >= 11 is 0. The summed E-state index contributed by atoms with van der Waals surface area (Å²) in [6, 6.07) is 5.69. The molecule has 1 fully saturated rings. The Morgan fingerprint density at radius 1 is 1.24 bits per heavy atom. The Morgan fingerprint density at radius 2 is 2.03 bits per heavy atom. The highest BCUT2D eigenvalue weighted by Crippen LogP contribution is 2.27. The highest BCUT2D eigenvalue weighted by molar-refractivity contribution is 5.94. The Bertz CT molecular complexity index is 864. The highest BCUT2D eigenvalue weighted by Gasteiger charge is 2.27. The van der Waals surface area contributed by atoms with E-state index >= 15 is 0 Å². The molecule has 0 aliphatic carbocycles. The molecule has 0 radical (unpaired) electrons. The average Bonchev–Trinajstić information content (AvgIpc) is 2.75. The predicted molar refractivity (Wildman–Crippen MR) is 126 cm³/mol. The Kier molecular flexibility index (Phi) is 8.21. The molecule has 33 heavy (non-hydrogen) atoms. The van der Waals surface area contributed by atoms with Gasteiger partial charge in [0.2, 0.25) is 11.8 Å². The second-order valence-electron chi connectivity index (χ2n) is 10.0. The van der Waals surface area contributed by atoms with Crippen molar-refractivity contribution in [3.8, 4) is 5.75 Å². The van der Waals surface area contributed by atoms with Crippen LogP contribution in [-0.2, 0) is 20.7 Å². The Balaban J connectivity index is 1.39. The van der Waals surface area contributed by atoms with Crippen molar-refractivity contribution in [3.63, 3.8) is 0 Å². The van der Waals surface area contributed by atoms with Crippen LogP contribution in [0.15, 0.2) is 18.2 Å². The summed E-state index contributed by atoms with van der Waals surface area (Å²) in [6.07, 6.45) is 3.92. The third-order valence-corrected chi connectivity index (χ3v) is 5.88. The summed E-state index contributed by atoms with van der Waals surface area (Å²) in [5.41, 5.74) is 1.42. The van der Waals surface area contributed by atoms with E-state index in [1.54, 1.807) is 11.9 Å². The zero-order valence-electron chi connectivity index (χ0n) is 20.3. The van der Waals surface area contributed by atoms with E-state index in [0.717, 1.165) is 42.8 Å². The van der Waals surface area contributed by atoms with Gasteiger partial charge in [0.15, 0.2) is 0 Å². The molecular formula is C25H37N3O5. The third-order valence-electron chi connectivity index (χ3n) is 5.88. The molecule has 3 amide bonds. The minimum Gasteiger partial charge on any atom is -0.494 e. The first-order chi connectivity index (χ1) is 15.6. The van der Waals surface area contributed by atoms with Crippen LogP contribution in [0.25, 0.3) is 0 Å². The number of hydrogen-bond donors (Lipinski definition) is 1. The molecule has 1 N–H and O–H groups in total. The van der Waals surface area contributed by atoms with Gasteiger partial charge in [-0.3, -0.25) is 9.59 Å². The van der Waals surface area contributed by atoms with Crippen LogP contribution in [0.2, 0.25) is 0 Å². The number of ether oxygens (including phenoxy) is 2. The van der Waals surface area contributed by atoms with Gasteiger partial charge in [0.05, 0.1) is 6.61 Å². The number of nitrogens with one attached hydrogen (secondary N) is 1. The van der Waals surface area contributed by atoms with Crippen LogP contribution in [-0.4, -0.2) is 66.6 Å². The van der Waals surface area contributed by atoms with E-state index in [1.807, 2.05) is 43.9 Å². The number of carbonyl (C=O) groups excluding carboxylic acids is 3. The molecule has 1 aromatic carbocycles. The van der Waals surface area contributed by atoms with E-state index in [-0.39, 0.29) is 23.8 Å². The molecule has 0 aromatic heterocycles. The first kappa shape index (κ1) is 24.9. The lowest BCUT2D eigenvalue weighted by molar-refractivity contribution is -0.133. The zero-order chi connectivity index (χ0) is 24.0. The number of amides is 3. The van der Waals surface area contributed by atoms with Crippen molar-refractivity contribution in [1.82, 2.24) is 9.80 Å². The van der Waals surface area contributed by atoms with Gasteiger partial charge in [-0.25, -0.2) is 4.79 Å². The zero-order valence-corrected chi connectivity index (χ0v) is 20.3. The lowest BCUT2D eigenvalue weighted by Crippen LogP contribution is -2.45. The number of hydrogen-bond acceptors (Lipinski definition) is 5. The SMILES string of the molecule is CN(CC1CCCN(C(=O)CCCOc2ccc3c(c2)CCC(=O)N3)C1)C(=O)OC(C)(C)C. The summed E-state index contributed by atoms with van der Waals surface area (Å²) in [7, 11) is 1.75. The van der Waals surface area contributed by atoms with Crippen LogP contribution in [0.3, 0.4) is 0 Å². The summed E-state index contributed by atoms with van der Waals surface area (Å²) in [4.78, 5) is 39.9. The highest BCUT2D eigenvalue weighted by atomic mass is 16.6. The van der Waals surface area contributed by atoms with Gasteiger partial charge in [0.25, 0.3) is 0 Å². The van der Waals surface area contributed by atoms with E-state index in [4.69, 9.17) is 9.47 Å². The van der Waals surface area contributed by atoms with E-state index in [0.29, 0.717) is 39.0 Å². The number of aryl methyl sites for hydroxylation is 1. The van der Waals surface area contributed by atoms with Crippen molar-refractivity contribution >= 4 is 23.6 Å². The number of fused-ring (bicyclic) bond motifs is 1. The number of carbonyl (C=O) groups is 3. The maximum atomic E-state index is 12.7. The maximum Gasteiger partial charge on any atom is 0.410 e. The quantitative estimate of drug-likeness (QED) is 0.626. The summed E-state index contributed by atoms with van der Waals surface area (Å²) in [5, 5.41) is 2.86. The van der Waals surface area contributed by atoms with Crippen LogP contribution in [0.4, 0.5) is 10.5 Å². The fourth-order valence-corrected chi connectivity index (χ4v) is 4.26. The first-order valence-corrected chi connectivity index (χ1v) is 11.9. The van der Waals surface area contributed by atoms with Crippen molar-refractivity contribution in [3.05, 3.63) is 23.8 Å². The van der Waals surface area contributed by atoms with Gasteiger partial charge in [-0.05, 0) is 76.1 Å². The Hall–Kier alpha value is -2.77. The molecule has 2 heterocycles. The van der Waals surface area contributed by atoms with E-state index in [2.05, 4.69) is 5.32 Å². The molecule has 3 rings (SSSR count). The predicted octanol–water partition coefficient (Wildman–Crippen LogP) is 3.84. The smallest absolute Gasteiger partial charge is 0.410 e. The van der Waals surface area contributed by atoms with Gasteiger partial charge < -0.3 is 24.6 Å². The van der Waals surface area contributed by atoms with Gasteiger partial charge in [-0.15, -0.1) is 0 Å². The van der Waals surface area contributed by atoms with Crippen molar-refractivity contribution in [2.45, 2.75) is 64.9 Å². The fourth-order valence-electron chi connectivity index (χ4n) is 4.26. The molecule has 2 aliphatic rings. The molecule has 0 spiro atoms. The number of rotatable bonds is 7. The number of piperidine rings is 1. The topological polar surface area (TPSA) is 88.2 Å². The molecule has 1 saturated heterocycles. The van der Waals surface area contributed by atoms with Crippen LogP contribution in [0.1, 0.15) is 58.4 Å². The van der Waals surface area contributed by atoms with Crippen LogP contribution in [0, 0.1) is 5.92 Å². The first-order valence-electron chi connectivity index (χ1n) is 11.9. The monoisotopic (exact) mass is 459 g/mol. The van der Waals surface area contributed by atoms with E-state index in [9.17, 15) is 14.4 Å². The second kappa shape index (κ2) is 10.9. The average molecular weight is 460 g/mol. The second-order valence-corrected chi connectivity index (χ2v) is 10.0. The number of anilines is 1. The van der Waals surface area contributed by atoms with Gasteiger partial charge >= 0.3 is 6.09 Å².